The van der Waals surface area contributed by atoms with Gasteiger partial charge >= 0.3 is 0 Å². The molecule has 92 valence electrons. The van der Waals surface area contributed by atoms with Crippen molar-refractivity contribution in [3.05, 3.63) is 53.2 Å². The fourth-order valence-electron chi connectivity index (χ4n) is 1.31. The summed E-state index contributed by atoms with van der Waals surface area (Å²) in [6.45, 7) is 0. The molecule has 3 nitrogen and oxygen atoms in total. The third-order valence-corrected chi connectivity index (χ3v) is 3.42. The van der Waals surface area contributed by atoms with Crippen LogP contribution >= 0.6 is 23.4 Å². The van der Waals surface area contributed by atoms with Crippen molar-refractivity contribution in [3.63, 3.8) is 0 Å². The monoisotopic (exact) mass is 278 g/mol. The van der Waals surface area contributed by atoms with Crippen LogP contribution in [0.15, 0.2) is 57.7 Å². The van der Waals surface area contributed by atoms with E-state index in [0.717, 1.165) is 20.5 Å². The zero-order chi connectivity index (χ0) is 12.8. The Morgan fingerprint density at radius 1 is 1.28 bits per heavy atom. The minimum Gasteiger partial charge on any atom is -0.399 e. The predicted octanol–water partition coefficient (Wildman–Crippen LogP) is 3.87. The van der Waals surface area contributed by atoms with Crippen molar-refractivity contribution in [1.82, 2.24) is 4.98 Å². The van der Waals surface area contributed by atoms with Crippen LogP contribution in [0.5, 0.6) is 0 Å². The van der Waals surface area contributed by atoms with Gasteiger partial charge in [0.05, 0.1) is 6.21 Å². The second-order valence-electron chi connectivity index (χ2n) is 3.37. The maximum atomic E-state index is 5.85. The average Bonchev–Trinajstić information content (AvgIpc) is 2.40. The molecule has 5 heteroatoms. The zero-order valence-electron chi connectivity index (χ0n) is 9.71. The third kappa shape index (κ3) is 3.48. The highest BCUT2D eigenvalue weighted by Crippen LogP contribution is 2.28. The van der Waals surface area contributed by atoms with E-state index in [4.69, 9.17) is 11.6 Å². The van der Waals surface area contributed by atoms with Crippen LogP contribution in [0.2, 0.25) is 5.02 Å². The number of hydrogen-bond donors (Lipinski definition) is 0. The van der Waals surface area contributed by atoms with Crippen LogP contribution in [0.25, 0.3) is 0 Å². The number of oxime groups is 1. The van der Waals surface area contributed by atoms with Gasteiger partial charge in [-0.15, -0.1) is 0 Å². The summed E-state index contributed by atoms with van der Waals surface area (Å²) < 4.78 is 0. The zero-order valence-corrected chi connectivity index (χ0v) is 11.3. The highest BCUT2D eigenvalue weighted by molar-refractivity contribution is 7.99. The molecular weight excluding hydrogens is 268 g/mol. The van der Waals surface area contributed by atoms with E-state index in [2.05, 4.69) is 15.0 Å². The highest BCUT2D eigenvalue weighted by atomic mass is 35.5. The first-order chi connectivity index (χ1) is 8.79. The molecular formula is C13H11ClN2OS. The Morgan fingerprint density at radius 2 is 2.06 bits per heavy atom. The van der Waals surface area contributed by atoms with Crippen molar-refractivity contribution in [2.24, 2.45) is 5.16 Å². The van der Waals surface area contributed by atoms with Gasteiger partial charge in [0, 0.05) is 21.7 Å². The van der Waals surface area contributed by atoms with E-state index in [0.29, 0.717) is 0 Å². The fraction of sp³-hybridized carbons (Fsp3) is 0.0769. The lowest BCUT2D eigenvalue weighted by Crippen LogP contribution is -1.89. The van der Waals surface area contributed by atoms with E-state index in [1.807, 2.05) is 36.4 Å². The van der Waals surface area contributed by atoms with Crippen molar-refractivity contribution in [3.8, 4) is 0 Å². The number of hydrogen-bond acceptors (Lipinski definition) is 4. The van der Waals surface area contributed by atoms with E-state index in [9.17, 15) is 0 Å². The minimum atomic E-state index is 0.724. The molecule has 0 fully saturated rings. The van der Waals surface area contributed by atoms with E-state index in [1.54, 1.807) is 24.2 Å². The Morgan fingerprint density at radius 3 is 2.78 bits per heavy atom. The number of benzene rings is 1. The lowest BCUT2D eigenvalue weighted by Gasteiger charge is -2.04. The molecule has 0 amide bonds. The van der Waals surface area contributed by atoms with E-state index in [-0.39, 0.29) is 0 Å². The molecule has 0 spiro atoms. The molecule has 0 atom stereocenters. The molecule has 0 radical (unpaired) electrons. The predicted molar refractivity (Wildman–Crippen MR) is 74.4 cm³/mol. The van der Waals surface area contributed by atoms with Gasteiger partial charge in [-0.25, -0.2) is 4.98 Å². The first kappa shape index (κ1) is 12.9. The second kappa shape index (κ2) is 6.42. The summed E-state index contributed by atoms with van der Waals surface area (Å²) in [5.41, 5.74) is 0.916. The van der Waals surface area contributed by atoms with Gasteiger partial charge in [0.2, 0.25) is 0 Å². The summed E-state index contributed by atoms with van der Waals surface area (Å²) in [7, 11) is 1.51. The summed E-state index contributed by atoms with van der Waals surface area (Å²) in [5.74, 6) is 0. The summed E-state index contributed by atoms with van der Waals surface area (Å²) >= 11 is 7.41. The Kier molecular flexibility index (Phi) is 4.61. The van der Waals surface area contributed by atoms with Crippen molar-refractivity contribution >= 4 is 29.6 Å². The minimum absolute atomic E-state index is 0.724. The lowest BCUT2D eigenvalue weighted by molar-refractivity contribution is 0.215. The van der Waals surface area contributed by atoms with Gasteiger partial charge in [0.15, 0.2) is 0 Å². The molecule has 18 heavy (non-hydrogen) atoms. The molecule has 0 saturated carbocycles. The summed E-state index contributed by atoms with van der Waals surface area (Å²) in [6.07, 6.45) is 3.40. The van der Waals surface area contributed by atoms with Gasteiger partial charge in [0.1, 0.15) is 12.1 Å². The number of halogens is 1. The maximum Gasteiger partial charge on any atom is 0.110 e. The molecule has 0 aliphatic rings. The topological polar surface area (TPSA) is 34.5 Å². The molecule has 1 aromatic carbocycles. The van der Waals surface area contributed by atoms with Gasteiger partial charge in [-0.3, -0.25) is 0 Å². The van der Waals surface area contributed by atoms with Crippen molar-refractivity contribution in [1.29, 1.82) is 0 Å². The number of pyridine rings is 1. The number of nitrogens with zero attached hydrogens (tertiary/aromatic N) is 2. The molecule has 0 saturated heterocycles. The Balaban J connectivity index is 2.23. The summed E-state index contributed by atoms with van der Waals surface area (Å²) in [4.78, 5) is 10.1. The molecule has 0 unspecified atom stereocenters. The van der Waals surface area contributed by atoms with Gasteiger partial charge in [0.25, 0.3) is 0 Å². The average molecular weight is 279 g/mol. The van der Waals surface area contributed by atoms with Gasteiger partial charge in [-0.05, 0) is 36.4 Å². The summed E-state index contributed by atoms with van der Waals surface area (Å²) in [5, 5.41) is 5.36. The largest absolute Gasteiger partial charge is 0.399 e. The SMILES string of the molecule is CO/N=C\c1cccnc1Sc1ccc(Cl)cc1. The van der Waals surface area contributed by atoms with Crippen LogP contribution in [0.1, 0.15) is 5.56 Å². The van der Waals surface area contributed by atoms with Crippen molar-refractivity contribution < 1.29 is 4.84 Å². The number of aromatic nitrogens is 1. The van der Waals surface area contributed by atoms with Crippen LogP contribution in [0.3, 0.4) is 0 Å². The Bertz CT molecular complexity index is 543. The van der Waals surface area contributed by atoms with Crippen LogP contribution in [0, 0.1) is 0 Å². The first-order valence-corrected chi connectivity index (χ1v) is 6.44. The summed E-state index contributed by atoms with van der Waals surface area (Å²) in [6, 6.07) is 11.4. The first-order valence-electron chi connectivity index (χ1n) is 5.24. The smallest absolute Gasteiger partial charge is 0.110 e. The molecule has 1 heterocycles. The normalized spacial score (nSPS) is 10.8. The standard InChI is InChI=1S/C13H11ClN2OS/c1-17-16-9-10-3-2-8-15-13(10)18-12-6-4-11(14)5-7-12/h2-9H,1H3/b16-9-. The quantitative estimate of drug-likeness (QED) is 0.629. The fourth-order valence-corrected chi connectivity index (χ4v) is 2.28. The second-order valence-corrected chi connectivity index (χ2v) is 4.87. The van der Waals surface area contributed by atoms with Crippen LogP contribution < -0.4 is 0 Å². The third-order valence-electron chi connectivity index (χ3n) is 2.13. The van der Waals surface area contributed by atoms with Gasteiger partial charge < -0.3 is 4.84 Å². The van der Waals surface area contributed by atoms with Crippen LogP contribution in [0.4, 0.5) is 0 Å². The Labute approximate surface area is 115 Å². The van der Waals surface area contributed by atoms with E-state index in [1.165, 1.54) is 7.11 Å². The van der Waals surface area contributed by atoms with Crippen molar-refractivity contribution in [2.45, 2.75) is 9.92 Å². The number of rotatable bonds is 4. The molecule has 0 bridgehead atoms. The van der Waals surface area contributed by atoms with Crippen molar-refractivity contribution in [2.75, 3.05) is 7.11 Å². The van der Waals surface area contributed by atoms with Gasteiger partial charge in [-0.2, -0.15) is 0 Å². The van der Waals surface area contributed by atoms with E-state index >= 15 is 0 Å². The highest BCUT2D eigenvalue weighted by Gasteiger charge is 2.04. The van der Waals surface area contributed by atoms with E-state index < -0.39 is 0 Å². The molecule has 1 aromatic heterocycles. The van der Waals surface area contributed by atoms with Crippen LogP contribution in [-0.2, 0) is 4.84 Å². The Hall–Kier alpha value is -1.52. The molecule has 0 N–H and O–H groups in total. The maximum absolute atomic E-state index is 5.85. The molecule has 0 aliphatic carbocycles. The molecule has 2 rings (SSSR count). The van der Waals surface area contributed by atoms with Crippen LogP contribution in [-0.4, -0.2) is 18.3 Å². The van der Waals surface area contributed by atoms with Gasteiger partial charge in [-0.1, -0.05) is 28.5 Å². The lowest BCUT2D eigenvalue weighted by atomic mass is 10.3. The molecule has 2 aromatic rings. The molecule has 0 aliphatic heterocycles.